The number of rotatable bonds is 16. The predicted molar refractivity (Wildman–Crippen MR) is 181 cm³/mol. The molecule has 3 amide bonds. The summed E-state index contributed by atoms with van der Waals surface area (Å²) in [5.41, 5.74) is 6.99. The number of carbonyl (C=O) groups is 4. The highest BCUT2D eigenvalue weighted by Gasteiger charge is 2.57. The van der Waals surface area contributed by atoms with Gasteiger partial charge in [-0.05, 0) is 61.6 Å². The van der Waals surface area contributed by atoms with E-state index in [1.165, 1.54) is 11.3 Å². The molecule has 3 unspecified atom stereocenters. The van der Waals surface area contributed by atoms with E-state index in [2.05, 4.69) is 24.5 Å². The summed E-state index contributed by atoms with van der Waals surface area (Å²) in [6.07, 6.45) is 4.62. The Labute approximate surface area is 276 Å². The van der Waals surface area contributed by atoms with Gasteiger partial charge in [-0.3, -0.25) is 19.2 Å². The van der Waals surface area contributed by atoms with Gasteiger partial charge < -0.3 is 26.4 Å². The third-order valence-electron chi connectivity index (χ3n) is 10.2. The molecule has 0 aliphatic heterocycles. The lowest BCUT2D eigenvalue weighted by Gasteiger charge is -2.37. The van der Waals surface area contributed by atoms with E-state index in [1.54, 1.807) is 19.2 Å². The van der Waals surface area contributed by atoms with Crippen LogP contribution in [0.3, 0.4) is 0 Å². The molecule has 2 saturated carbocycles. The standard InChI is InChI=1S/C35H51N5O5S/c1-8-21(5)29(38-28(41)9-2)31(43)40(7)27(20(3)4)18-34(14-15-34)33-37-26(19-46-33)30(42)39-35(16-22(6)32(44)45)17-25(35)23-10-12-24(36)13-11-23/h10-13,19-22,25,27,29H,8-9,14-18,36H2,1-7H3,(H,38,41)(H,39,42)(H,44,45)/t21-,22?,25?,27+,29-,35?/m0/s1. The summed E-state index contributed by atoms with van der Waals surface area (Å²) in [5, 5.41) is 18.5. The number of carboxylic acids is 1. The molecule has 0 radical (unpaired) electrons. The van der Waals surface area contributed by atoms with Gasteiger partial charge in [0.15, 0.2) is 0 Å². The van der Waals surface area contributed by atoms with E-state index < -0.39 is 23.5 Å². The topological polar surface area (TPSA) is 155 Å². The molecule has 10 nitrogen and oxygen atoms in total. The first-order valence-electron chi connectivity index (χ1n) is 16.6. The third kappa shape index (κ3) is 7.73. The third-order valence-corrected chi connectivity index (χ3v) is 11.3. The van der Waals surface area contributed by atoms with Crippen LogP contribution in [0.2, 0.25) is 0 Å². The highest BCUT2D eigenvalue weighted by Crippen LogP contribution is 2.56. The summed E-state index contributed by atoms with van der Waals surface area (Å²) in [6.45, 7) is 11.7. The number of thiazole rings is 1. The van der Waals surface area contributed by atoms with E-state index in [0.29, 0.717) is 30.6 Å². The van der Waals surface area contributed by atoms with Crippen LogP contribution in [-0.2, 0) is 19.8 Å². The zero-order chi connectivity index (χ0) is 34.0. The zero-order valence-electron chi connectivity index (χ0n) is 28.3. The normalized spacial score (nSPS) is 22.3. The van der Waals surface area contributed by atoms with Crippen molar-refractivity contribution in [1.82, 2.24) is 20.5 Å². The Balaban J connectivity index is 1.50. The fraction of sp³-hybridized carbons (Fsp3) is 0.629. The van der Waals surface area contributed by atoms with Crippen molar-refractivity contribution in [2.24, 2.45) is 17.8 Å². The molecule has 2 aliphatic rings. The Kier molecular flexibility index (Phi) is 10.9. The van der Waals surface area contributed by atoms with Gasteiger partial charge in [0.25, 0.3) is 5.91 Å². The number of nitrogens with two attached hydrogens (primary N) is 1. The summed E-state index contributed by atoms with van der Waals surface area (Å²) in [5.74, 6) is -1.86. The number of hydrogen-bond donors (Lipinski definition) is 4. The van der Waals surface area contributed by atoms with Crippen molar-refractivity contribution < 1.29 is 24.3 Å². The summed E-state index contributed by atoms with van der Waals surface area (Å²) >= 11 is 1.47. The number of carboxylic acid groups (broad SMARTS) is 1. The highest BCUT2D eigenvalue weighted by molar-refractivity contribution is 7.10. The molecule has 2 fully saturated rings. The maximum Gasteiger partial charge on any atom is 0.306 e. The molecule has 0 bridgehead atoms. The molecule has 5 N–H and O–H groups in total. The molecule has 2 aromatic rings. The number of aromatic nitrogens is 1. The molecule has 0 spiro atoms. The van der Waals surface area contributed by atoms with Gasteiger partial charge in [-0.1, -0.05) is 60.1 Å². The predicted octanol–water partition coefficient (Wildman–Crippen LogP) is 5.34. The minimum absolute atomic E-state index is 0.000972. The smallest absolute Gasteiger partial charge is 0.306 e. The molecule has 6 atom stereocenters. The lowest BCUT2D eigenvalue weighted by Crippen LogP contribution is -2.54. The summed E-state index contributed by atoms with van der Waals surface area (Å²) in [6, 6.07) is 6.87. The van der Waals surface area contributed by atoms with Crippen molar-refractivity contribution in [2.75, 3.05) is 12.8 Å². The van der Waals surface area contributed by atoms with Gasteiger partial charge in [-0.25, -0.2) is 4.98 Å². The van der Waals surface area contributed by atoms with Crippen LogP contribution in [0.15, 0.2) is 29.6 Å². The second kappa shape index (κ2) is 14.1. The van der Waals surface area contributed by atoms with Gasteiger partial charge in [0, 0.05) is 47.4 Å². The molecule has 4 rings (SSSR count). The first kappa shape index (κ1) is 35.4. The molecule has 1 heterocycles. The zero-order valence-corrected chi connectivity index (χ0v) is 29.1. The maximum absolute atomic E-state index is 13.8. The van der Waals surface area contributed by atoms with Gasteiger partial charge in [-0.15, -0.1) is 11.3 Å². The number of likely N-dealkylation sites (N-methyl/N-ethyl adjacent to an activating group) is 1. The molecule has 252 valence electrons. The molecular weight excluding hydrogens is 602 g/mol. The average molecular weight is 654 g/mol. The van der Waals surface area contributed by atoms with Crippen LogP contribution in [0.5, 0.6) is 0 Å². The molecule has 1 aromatic carbocycles. The van der Waals surface area contributed by atoms with Crippen molar-refractivity contribution in [2.45, 2.75) is 115 Å². The van der Waals surface area contributed by atoms with Crippen molar-refractivity contribution in [3.63, 3.8) is 0 Å². The molecule has 11 heteroatoms. The lowest BCUT2D eigenvalue weighted by atomic mass is 9.88. The SMILES string of the molecule is CCC(=O)N[C@H](C(=O)N(C)[C@H](CC1(c2nc(C(=O)NC3(CC(C)C(=O)O)CC3c3ccc(N)cc3)cs2)CC1)C(C)C)[C@@H](C)CC. The van der Waals surface area contributed by atoms with Gasteiger partial charge in [0.1, 0.15) is 11.7 Å². The molecule has 2 aliphatic carbocycles. The molecular formula is C35H51N5O5S. The largest absolute Gasteiger partial charge is 0.481 e. The quantitative estimate of drug-likeness (QED) is 0.178. The maximum atomic E-state index is 13.8. The van der Waals surface area contributed by atoms with E-state index in [1.807, 2.05) is 50.1 Å². The van der Waals surface area contributed by atoms with Crippen LogP contribution in [0.1, 0.15) is 113 Å². The number of amides is 3. The van der Waals surface area contributed by atoms with E-state index in [9.17, 15) is 24.3 Å². The van der Waals surface area contributed by atoms with Crippen LogP contribution in [-0.4, -0.2) is 63.4 Å². The fourth-order valence-electron chi connectivity index (χ4n) is 6.65. The number of benzene rings is 1. The Bertz CT molecular complexity index is 1420. The van der Waals surface area contributed by atoms with Crippen LogP contribution < -0.4 is 16.4 Å². The van der Waals surface area contributed by atoms with E-state index >= 15 is 0 Å². The minimum Gasteiger partial charge on any atom is -0.481 e. The van der Waals surface area contributed by atoms with E-state index in [4.69, 9.17) is 10.7 Å². The van der Waals surface area contributed by atoms with E-state index in [-0.39, 0.29) is 46.9 Å². The van der Waals surface area contributed by atoms with Crippen LogP contribution in [0, 0.1) is 17.8 Å². The number of nitrogens with zero attached hydrogens (tertiary/aromatic N) is 2. The summed E-state index contributed by atoms with van der Waals surface area (Å²) in [4.78, 5) is 58.1. The molecule has 0 saturated heterocycles. The van der Waals surface area contributed by atoms with Crippen LogP contribution >= 0.6 is 11.3 Å². The number of nitrogens with one attached hydrogen (secondary N) is 2. The Hall–Kier alpha value is -3.47. The minimum atomic E-state index is -0.894. The average Bonchev–Trinajstić information content (AvgIpc) is 3.90. The Morgan fingerprint density at radius 2 is 1.74 bits per heavy atom. The van der Waals surface area contributed by atoms with Gasteiger partial charge in [0.2, 0.25) is 11.8 Å². The van der Waals surface area contributed by atoms with E-state index in [0.717, 1.165) is 36.3 Å². The first-order valence-corrected chi connectivity index (χ1v) is 17.5. The van der Waals surface area contributed by atoms with Gasteiger partial charge in [-0.2, -0.15) is 0 Å². The van der Waals surface area contributed by atoms with Gasteiger partial charge in [0.05, 0.1) is 10.9 Å². The monoisotopic (exact) mass is 653 g/mol. The number of anilines is 1. The van der Waals surface area contributed by atoms with Crippen LogP contribution in [0.25, 0.3) is 0 Å². The number of nitrogen functional groups attached to an aromatic ring is 1. The summed E-state index contributed by atoms with van der Waals surface area (Å²) in [7, 11) is 1.84. The molecule has 46 heavy (non-hydrogen) atoms. The van der Waals surface area contributed by atoms with Crippen molar-refractivity contribution in [3.8, 4) is 0 Å². The lowest BCUT2D eigenvalue weighted by molar-refractivity contribution is -0.141. The van der Waals surface area contributed by atoms with Crippen molar-refractivity contribution in [3.05, 3.63) is 45.9 Å². The fourth-order valence-corrected chi connectivity index (χ4v) is 7.72. The Morgan fingerprint density at radius 1 is 1.09 bits per heavy atom. The van der Waals surface area contributed by atoms with Crippen molar-refractivity contribution in [1.29, 1.82) is 0 Å². The number of aliphatic carboxylic acids is 1. The van der Waals surface area contributed by atoms with Crippen LogP contribution in [0.4, 0.5) is 5.69 Å². The summed E-state index contributed by atoms with van der Waals surface area (Å²) < 4.78 is 0. The Morgan fingerprint density at radius 3 is 2.28 bits per heavy atom. The number of carbonyl (C=O) groups excluding carboxylic acids is 3. The molecule has 1 aromatic heterocycles. The second-order valence-electron chi connectivity index (χ2n) is 14.0. The van der Waals surface area contributed by atoms with Gasteiger partial charge >= 0.3 is 5.97 Å². The second-order valence-corrected chi connectivity index (χ2v) is 14.9. The van der Waals surface area contributed by atoms with Crippen molar-refractivity contribution >= 4 is 40.7 Å². The first-order chi connectivity index (χ1) is 21.7. The number of hydrogen-bond acceptors (Lipinski definition) is 7. The highest BCUT2D eigenvalue weighted by atomic mass is 32.1.